The maximum absolute atomic E-state index is 10.1. The molecule has 0 unspecified atom stereocenters. The van der Waals surface area contributed by atoms with Crippen molar-refractivity contribution < 1.29 is 5.11 Å². The van der Waals surface area contributed by atoms with Gasteiger partial charge >= 0.3 is 0 Å². The summed E-state index contributed by atoms with van der Waals surface area (Å²) in [7, 11) is 0. The van der Waals surface area contributed by atoms with Crippen LogP contribution < -0.4 is 0 Å². The van der Waals surface area contributed by atoms with Crippen molar-refractivity contribution in [1.29, 1.82) is 0 Å². The van der Waals surface area contributed by atoms with Crippen LogP contribution in [0.2, 0.25) is 0 Å². The molecule has 3 aliphatic rings. The maximum atomic E-state index is 10.1. The Hall–Kier alpha value is -1.75. The lowest BCUT2D eigenvalue weighted by Gasteiger charge is -2.57. The minimum Gasteiger partial charge on any atom is -0.395 e. The van der Waals surface area contributed by atoms with Crippen molar-refractivity contribution >= 4 is 0 Å². The third-order valence-corrected chi connectivity index (χ3v) is 6.96. The van der Waals surface area contributed by atoms with Crippen LogP contribution in [0.5, 0.6) is 0 Å². The standard InChI is InChI=1S/C24H31N3O/c28-17-23-24(20-9-7-19(8-10-20)21-4-3-11-25-14-21)22-16-26(15-18-5-6-18)12-1-2-13-27(22)23/h3-4,7-11,14,18,22-24,28H,1-2,5-6,12-13,15-17H2/t22-,23+,24-/m1/s1. The van der Waals surface area contributed by atoms with Gasteiger partial charge in [-0.3, -0.25) is 9.88 Å². The predicted molar refractivity (Wildman–Crippen MR) is 112 cm³/mol. The van der Waals surface area contributed by atoms with E-state index in [1.165, 1.54) is 49.9 Å². The van der Waals surface area contributed by atoms with E-state index in [0.717, 1.165) is 24.6 Å². The third-order valence-electron chi connectivity index (χ3n) is 6.96. The van der Waals surface area contributed by atoms with Gasteiger partial charge < -0.3 is 10.0 Å². The molecule has 4 heteroatoms. The molecule has 4 nitrogen and oxygen atoms in total. The number of fused-ring (bicyclic) bond motifs is 1. The van der Waals surface area contributed by atoms with E-state index in [1.54, 1.807) is 0 Å². The highest BCUT2D eigenvalue weighted by molar-refractivity contribution is 5.62. The summed E-state index contributed by atoms with van der Waals surface area (Å²) in [5.41, 5.74) is 3.74. The molecule has 3 fully saturated rings. The van der Waals surface area contributed by atoms with Crippen molar-refractivity contribution in [2.75, 3.05) is 32.8 Å². The Morgan fingerprint density at radius 2 is 1.82 bits per heavy atom. The molecule has 28 heavy (non-hydrogen) atoms. The highest BCUT2D eigenvalue weighted by atomic mass is 16.3. The van der Waals surface area contributed by atoms with Crippen LogP contribution in [0, 0.1) is 5.92 Å². The Bertz CT molecular complexity index is 774. The Kier molecular flexibility index (Phi) is 5.19. The van der Waals surface area contributed by atoms with Crippen LogP contribution in [0.1, 0.15) is 37.2 Å². The lowest BCUT2D eigenvalue weighted by Crippen LogP contribution is -2.67. The van der Waals surface area contributed by atoms with Crippen LogP contribution in [0.25, 0.3) is 11.1 Å². The molecule has 1 aromatic carbocycles. The number of aromatic nitrogens is 1. The molecule has 1 aromatic heterocycles. The van der Waals surface area contributed by atoms with Gasteiger partial charge in [-0.15, -0.1) is 0 Å². The summed E-state index contributed by atoms with van der Waals surface area (Å²) in [6, 6.07) is 13.9. The van der Waals surface area contributed by atoms with Gasteiger partial charge in [-0.25, -0.2) is 0 Å². The van der Waals surface area contributed by atoms with Gasteiger partial charge in [0.2, 0.25) is 0 Å². The Balaban J connectivity index is 1.36. The van der Waals surface area contributed by atoms with Crippen molar-refractivity contribution in [3.05, 3.63) is 54.4 Å². The van der Waals surface area contributed by atoms with E-state index in [9.17, 15) is 5.11 Å². The molecule has 1 saturated carbocycles. The first-order valence-electron chi connectivity index (χ1n) is 10.9. The smallest absolute Gasteiger partial charge is 0.0593 e. The van der Waals surface area contributed by atoms with E-state index in [-0.39, 0.29) is 12.6 Å². The summed E-state index contributed by atoms with van der Waals surface area (Å²) >= 11 is 0. The van der Waals surface area contributed by atoms with Crippen molar-refractivity contribution in [2.45, 2.75) is 43.7 Å². The van der Waals surface area contributed by atoms with E-state index in [0.29, 0.717) is 12.0 Å². The summed E-state index contributed by atoms with van der Waals surface area (Å²) < 4.78 is 0. The van der Waals surface area contributed by atoms with Crippen LogP contribution in [0.3, 0.4) is 0 Å². The molecule has 0 bridgehead atoms. The second-order valence-corrected chi connectivity index (χ2v) is 8.85. The topological polar surface area (TPSA) is 39.6 Å². The quantitative estimate of drug-likeness (QED) is 0.867. The highest BCUT2D eigenvalue weighted by Crippen LogP contribution is 2.42. The molecule has 148 valence electrons. The summed E-state index contributed by atoms with van der Waals surface area (Å²) in [5.74, 6) is 1.38. The summed E-state index contributed by atoms with van der Waals surface area (Å²) in [6.07, 6.45) is 9.11. The maximum Gasteiger partial charge on any atom is 0.0593 e. The predicted octanol–water partition coefficient (Wildman–Crippen LogP) is 3.38. The zero-order chi connectivity index (χ0) is 18.9. The number of hydrogen-bond acceptors (Lipinski definition) is 4. The summed E-state index contributed by atoms with van der Waals surface area (Å²) in [6.45, 7) is 5.08. The number of benzene rings is 1. The van der Waals surface area contributed by atoms with Crippen LogP contribution >= 0.6 is 0 Å². The average Bonchev–Trinajstić information content (AvgIpc) is 3.54. The van der Waals surface area contributed by atoms with E-state index in [1.807, 2.05) is 18.5 Å². The van der Waals surface area contributed by atoms with Crippen LogP contribution in [0.15, 0.2) is 48.8 Å². The molecular weight excluding hydrogens is 346 g/mol. The normalized spacial score (nSPS) is 28.8. The van der Waals surface area contributed by atoms with Crippen LogP contribution in [-0.2, 0) is 0 Å². The molecule has 3 atom stereocenters. The Morgan fingerprint density at radius 3 is 2.54 bits per heavy atom. The first kappa shape index (κ1) is 18.3. The van der Waals surface area contributed by atoms with Crippen molar-refractivity contribution in [1.82, 2.24) is 14.8 Å². The van der Waals surface area contributed by atoms with Crippen molar-refractivity contribution in [3.8, 4) is 11.1 Å². The first-order valence-corrected chi connectivity index (χ1v) is 10.9. The van der Waals surface area contributed by atoms with Gasteiger partial charge in [-0.05, 0) is 67.4 Å². The monoisotopic (exact) mass is 377 g/mol. The fourth-order valence-corrected chi connectivity index (χ4v) is 5.27. The number of pyridine rings is 1. The fraction of sp³-hybridized carbons (Fsp3) is 0.542. The van der Waals surface area contributed by atoms with Gasteiger partial charge in [-0.1, -0.05) is 30.3 Å². The molecule has 1 aliphatic carbocycles. The second kappa shape index (κ2) is 7.94. The minimum atomic E-state index is 0.258. The van der Waals surface area contributed by atoms with Gasteiger partial charge in [0.25, 0.3) is 0 Å². The van der Waals surface area contributed by atoms with Gasteiger partial charge in [0.15, 0.2) is 0 Å². The molecule has 3 heterocycles. The molecule has 0 amide bonds. The van der Waals surface area contributed by atoms with Gasteiger partial charge in [0.05, 0.1) is 6.61 Å². The molecule has 5 rings (SSSR count). The zero-order valence-corrected chi connectivity index (χ0v) is 16.6. The molecule has 0 radical (unpaired) electrons. The summed E-state index contributed by atoms with van der Waals surface area (Å²) in [4.78, 5) is 9.53. The Morgan fingerprint density at radius 1 is 1.00 bits per heavy atom. The minimum absolute atomic E-state index is 0.258. The number of aliphatic hydroxyl groups excluding tert-OH is 1. The lowest BCUT2D eigenvalue weighted by atomic mass is 9.74. The van der Waals surface area contributed by atoms with E-state index < -0.39 is 0 Å². The van der Waals surface area contributed by atoms with E-state index in [4.69, 9.17) is 0 Å². The zero-order valence-electron chi connectivity index (χ0n) is 16.6. The van der Waals surface area contributed by atoms with Crippen LogP contribution in [0.4, 0.5) is 0 Å². The van der Waals surface area contributed by atoms with Crippen molar-refractivity contribution in [3.63, 3.8) is 0 Å². The second-order valence-electron chi connectivity index (χ2n) is 8.85. The Labute approximate surface area is 168 Å². The largest absolute Gasteiger partial charge is 0.395 e. The first-order chi connectivity index (χ1) is 13.8. The molecule has 0 spiro atoms. The lowest BCUT2D eigenvalue weighted by molar-refractivity contribution is -0.0649. The van der Waals surface area contributed by atoms with Gasteiger partial charge in [0.1, 0.15) is 0 Å². The van der Waals surface area contributed by atoms with E-state index >= 15 is 0 Å². The SMILES string of the molecule is OC[C@H]1[C@H](c2ccc(-c3cccnc3)cc2)[C@H]2CN(CC3CC3)CCCCN21. The number of nitrogens with zero attached hydrogens (tertiary/aromatic N) is 3. The third kappa shape index (κ3) is 3.61. The number of rotatable bonds is 5. The number of aliphatic hydroxyl groups is 1. The van der Waals surface area contributed by atoms with Crippen molar-refractivity contribution in [2.24, 2.45) is 5.92 Å². The summed E-state index contributed by atoms with van der Waals surface area (Å²) in [5, 5.41) is 10.1. The molecule has 2 saturated heterocycles. The molecular formula is C24H31N3O. The molecule has 2 aliphatic heterocycles. The highest BCUT2D eigenvalue weighted by Gasteiger charge is 2.49. The number of hydrogen-bond donors (Lipinski definition) is 1. The van der Waals surface area contributed by atoms with Crippen LogP contribution in [-0.4, -0.2) is 64.8 Å². The van der Waals surface area contributed by atoms with Gasteiger partial charge in [-0.2, -0.15) is 0 Å². The molecule has 1 N–H and O–H groups in total. The van der Waals surface area contributed by atoms with Gasteiger partial charge in [0, 0.05) is 43.5 Å². The fourth-order valence-electron chi connectivity index (χ4n) is 5.27. The van der Waals surface area contributed by atoms with E-state index in [2.05, 4.69) is 45.1 Å². The average molecular weight is 378 g/mol. The molecule has 2 aromatic rings.